The molecule has 0 bridgehead atoms. The number of hydrogen-bond acceptors (Lipinski definition) is 1. The molecule has 96 valence electrons. The monoisotopic (exact) mass is 249 g/mol. The first-order valence-electron chi connectivity index (χ1n) is 6.91. The zero-order valence-corrected chi connectivity index (χ0v) is 11.3. The van der Waals surface area contributed by atoms with Gasteiger partial charge in [-0.1, -0.05) is 48.1 Å². The molecule has 1 aromatic rings. The van der Waals surface area contributed by atoms with E-state index in [0.29, 0.717) is 0 Å². The Labute approximate surface area is 115 Å². The summed E-state index contributed by atoms with van der Waals surface area (Å²) in [5.74, 6) is 0. The average Bonchev–Trinajstić information content (AvgIpc) is 2.49. The van der Waals surface area contributed by atoms with Crippen LogP contribution < -0.4 is 5.32 Å². The van der Waals surface area contributed by atoms with Gasteiger partial charge in [0.15, 0.2) is 0 Å². The lowest BCUT2D eigenvalue weighted by molar-refractivity contribution is 0.861. The van der Waals surface area contributed by atoms with Gasteiger partial charge in [0.25, 0.3) is 0 Å². The Morgan fingerprint density at radius 1 is 1.05 bits per heavy atom. The molecule has 1 aromatic carbocycles. The van der Waals surface area contributed by atoms with E-state index in [4.69, 9.17) is 0 Å². The maximum atomic E-state index is 3.49. The highest BCUT2D eigenvalue weighted by Gasteiger charge is 2.11. The van der Waals surface area contributed by atoms with Gasteiger partial charge in [0, 0.05) is 12.2 Å². The van der Waals surface area contributed by atoms with Crippen LogP contribution in [0.15, 0.2) is 71.5 Å². The quantitative estimate of drug-likeness (QED) is 0.827. The Kier molecular flexibility index (Phi) is 3.37. The van der Waals surface area contributed by atoms with Crippen LogP contribution in [-0.4, -0.2) is 6.54 Å². The fourth-order valence-corrected chi connectivity index (χ4v) is 2.55. The Morgan fingerprint density at radius 3 is 2.63 bits per heavy atom. The van der Waals surface area contributed by atoms with E-state index in [1.54, 1.807) is 0 Å². The summed E-state index contributed by atoms with van der Waals surface area (Å²) in [5.41, 5.74) is 6.74. The molecule has 19 heavy (non-hydrogen) atoms. The van der Waals surface area contributed by atoms with Gasteiger partial charge < -0.3 is 5.32 Å². The zero-order chi connectivity index (χ0) is 13.1. The number of nitrogens with one attached hydrogen (secondary N) is 1. The molecule has 0 fully saturated rings. The van der Waals surface area contributed by atoms with E-state index in [9.17, 15) is 0 Å². The predicted octanol–water partition coefficient (Wildman–Crippen LogP) is 4.22. The topological polar surface area (TPSA) is 12.0 Å². The highest BCUT2D eigenvalue weighted by Crippen LogP contribution is 2.29. The number of dihydropyridines is 1. The van der Waals surface area contributed by atoms with E-state index in [1.165, 1.54) is 28.0 Å². The molecule has 1 N–H and O–H groups in total. The molecule has 0 aromatic heterocycles. The summed E-state index contributed by atoms with van der Waals surface area (Å²) < 4.78 is 0. The van der Waals surface area contributed by atoms with Crippen LogP contribution in [0.4, 0.5) is 0 Å². The van der Waals surface area contributed by atoms with E-state index < -0.39 is 0 Å². The van der Waals surface area contributed by atoms with E-state index in [0.717, 1.165) is 19.4 Å². The standard InChI is InChI=1S/C18H19N/c1-14-10-11-18(19-13-14)17-9-5-8-16(12-17)15-6-3-2-4-7-15/h2-4,6-7,9-12,19H,5,8,13H2,1H3. The van der Waals surface area contributed by atoms with Crippen molar-refractivity contribution in [1.29, 1.82) is 0 Å². The number of benzene rings is 1. The highest BCUT2D eigenvalue weighted by atomic mass is 14.9. The van der Waals surface area contributed by atoms with Gasteiger partial charge in [0.05, 0.1) is 0 Å². The third-order valence-corrected chi connectivity index (χ3v) is 3.66. The van der Waals surface area contributed by atoms with Crippen LogP contribution in [0.25, 0.3) is 5.57 Å². The molecule has 0 amide bonds. The fraction of sp³-hybridized carbons (Fsp3) is 0.222. The predicted molar refractivity (Wildman–Crippen MR) is 81.6 cm³/mol. The maximum Gasteiger partial charge on any atom is 0.0413 e. The molecule has 1 heterocycles. The molecular weight excluding hydrogens is 230 g/mol. The van der Waals surface area contributed by atoms with Crippen molar-refractivity contribution >= 4 is 5.57 Å². The Bertz CT molecular complexity index is 585. The summed E-state index contributed by atoms with van der Waals surface area (Å²) in [6.45, 7) is 3.11. The lowest BCUT2D eigenvalue weighted by Gasteiger charge is -2.20. The van der Waals surface area contributed by atoms with Crippen molar-refractivity contribution < 1.29 is 0 Å². The van der Waals surface area contributed by atoms with Gasteiger partial charge >= 0.3 is 0 Å². The molecule has 3 rings (SSSR count). The molecule has 0 atom stereocenters. The largest absolute Gasteiger partial charge is 0.381 e. The van der Waals surface area contributed by atoms with Crippen molar-refractivity contribution in [2.75, 3.05) is 6.54 Å². The number of hydrogen-bond donors (Lipinski definition) is 1. The van der Waals surface area contributed by atoms with Crippen molar-refractivity contribution in [3.05, 3.63) is 77.0 Å². The molecule has 1 aliphatic carbocycles. The molecular formula is C18H19N. The minimum absolute atomic E-state index is 0.956. The van der Waals surface area contributed by atoms with Crippen LogP contribution >= 0.6 is 0 Å². The minimum atomic E-state index is 0.956. The number of allylic oxidation sites excluding steroid dienone is 5. The molecule has 1 heteroatoms. The Morgan fingerprint density at radius 2 is 1.89 bits per heavy atom. The van der Waals surface area contributed by atoms with Gasteiger partial charge in [0.2, 0.25) is 0 Å². The van der Waals surface area contributed by atoms with Crippen molar-refractivity contribution in [2.45, 2.75) is 19.8 Å². The van der Waals surface area contributed by atoms with E-state index in [2.05, 4.69) is 66.9 Å². The van der Waals surface area contributed by atoms with Crippen LogP contribution in [-0.2, 0) is 0 Å². The van der Waals surface area contributed by atoms with Gasteiger partial charge in [0.1, 0.15) is 0 Å². The minimum Gasteiger partial charge on any atom is -0.381 e. The third kappa shape index (κ3) is 2.70. The molecule has 2 aliphatic rings. The maximum absolute atomic E-state index is 3.49. The summed E-state index contributed by atoms with van der Waals surface area (Å²) in [6.07, 6.45) is 11.3. The van der Waals surface area contributed by atoms with Crippen LogP contribution in [0.1, 0.15) is 25.3 Å². The summed E-state index contributed by atoms with van der Waals surface area (Å²) >= 11 is 0. The smallest absolute Gasteiger partial charge is 0.0413 e. The second-order valence-electron chi connectivity index (χ2n) is 5.18. The Hall–Kier alpha value is -2.02. The molecule has 0 spiro atoms. The summed E-state index contributed by atoms with van der Waals surface area (Å²) in [4.78, 5) is 0. The lowest BCUT2D eigenvalue weighted by atomic mass is 9.92. The van der Waals surface area contributed by atoms with Crippen LogP contribution in [0, 0.1) is 0 Å². The van der Waals surface area contributed by atoms with Gasteiger partial charge in [-0.05, 0) is 48.6 Å². The lowest BCUT2D eigenvalue weighted by Crippen LogP contribution is -2.20. The molecule has 0 unspecified atom stereocenters. The van der Waals surface area contributed by atoms with Gasteiger partial charge in [-0.15, -0.1) is 0 Å². The second-order valence-corrected chi connectivity index (χ2v) is 5.18. The van der Waals surface area contributed by atoms with Crippen molar-refractivity contribution in [3.63, 3.8) is 0 Å². The first-order valence-corrected chi connectivity index (χ1v) is 6.91. The van der Waals surface area contributed by atoms with Crippen molar-refractivity contribution in [2.24, 2.45) is 0 Å². The normalized spacial score (nSPS) is 18.8. The summed E-state index contributed by atoms with van der Waals surface area (Å²) in [7, 11) is 0. The number of rotatable bonds is 2. The fourth-order valence-electron chi connectivity index (χ4n) is 2.55. The second kappa shape index (κ2) is 5.31. The third-order valence-electron chi connectivity index (χ3n) is 3.66. The van der Waals surface area contributed by atoms with Crippen molar-refractivity contribution in [3.8, 4) is 0 Å². The zero-order valence-electron chi connectivity index (χ0n) is 11.3. The molecule has 0 saturated carbocycles. The van der Waals surface area contributed by atoms with Crippen LogP contribution in [0.3, 0.4) is 0 Å². The van der Waals surface area contributed by atoms with Gasteiger partial charge in [-0.2, -0.15) is 0 Å². The molecule has 1 nitrogen and oxygen atoms in total. The Balaban J connectivity index is 1.89. The molecule has 0 saturated heterocycles. The SMILES string of the molecule is CC1=CC=C(C2=CCCC(c3ccccc3)=C2)NC1. The average molecular weight is 249 g/mol. The molecule has 0 radical (unpaired) electrons. The van der Waals surface area contributed by atoms with Gasteiger partial charge in [-0.3, -0.25) is 0 Å². The highest BCUT2D eigenvalue weighted by molar-refractivity contribution is 5.71. The van der Waals surface area contributed by atoms with Crippen molar-refractivity contribution in [1.82, 2.24) is 5.32 Å². The van der Waals surface area contributed by atoms with E-state index >= 15 is 0 Å². The van der Waals surface area contributed by atoms with Crippen LogP contribution in [0.2, 0.25) is 0 Å². The van der Waals surface area contributed by atoms with Crippen LogP contribution in [0.5, 0.6) is 0 Å². The first kappa shape index (κ1) is 12.0. The van der Waals surface area contributed by atoms with Gasteiger partial charge in [-0.25, -0.2) is 0 Å². The molecule has 1 aliphatic heterocycles. The summed E-state index contributed by atoms with van der Waals surface area (Å²) in [6, 6.07) is 10.7. The summed E-state index contributed by atoms with van der Waals surface area (Å²) in [5, 5.41) is 3.49. The van der Waals surface area contributed by atoms with E-state index in [1.807, 2.05) is 0 Å². The first-order chi connectivity index (χ1) is 9.33. The van der Waals surface area contributed by atoms with E-state index in [-0.39, 0.29) is 0 Å².